The molecule has 0 heterocycles. The maximum atomic E-state index is 12.0. The van der Waals surface area contributed by atoms with E-state index < -0.39 is 0 Å². The van der Waals surface area contributed by atoms with Crippen molar-refractivity contribution in [3.8, 4) is 0 Å². The smallest absolute Gasteiger partial charge is 0.255 e. The predicted octanol–water partition coefficient (Wildman–Crippen LogP) is 4.05. The monoisotopic (exact) mass is 368 g/mol. The molecule has 3 N–H and O–H groups in total. The zero-order chi connectivity index (χ0) is 13.1. The Bertz CT molecular complexity index is 599. The van der Waals surface area contributed by atoms with Crippen molar-refractivity contribution in [3.05, 3.63) is 57.0 Å². The molecule has 0 saturated carbocycles. The Kier molecular flexibility index (Phi) is 4.04. The third-order valence-corrected chi connectivity index (χ3v) is 3.48. The van der Waals surface area contributed by atoms with Gasteiger partial charge in [0.15, 0.2) is 0 Å². The first kappa shape index (κ1) is 13.1. The standard InChI is InChI=1S/C13H10Br2N2O/c14-9-4-5-12(11(15)7-9)17-13(18)8-2-1-3-10(16)6-8/h1-7H,16H2,(H,17,18). The topological polar surface area (TPSA) is 55.1 Å². The molecular weight excluding hydrogens is 360 g/mol. The molecule has 18 heavy (non-hydrogen) atoms. The van der Waals surface area contributed by atoms with Crippen LogP contribution in [-0.4, -0.2) is 5.91 Å². The van der Waals surface area contributed by atoms with Crippen LogP contribution in [-0.2, 0) is 0 Å². The van der Waals surface area contributed by atoms with Crippen molar-refractivity contribution in [1.29, 1.82) is 0 Å². The number of nitrogens with one attached hydrogen (secondary N) is 1. The Morgan fingerprint density at radius 1 is 1.11 bits per heavy atom. The first-order valence-electron chi connectivity index (χ1n) is 5.18. The second-order valence-electron chi connectivity index (χ2n) is 3.70. The molecule has 0 fully saturated rings. The van der Waals surface area contributed by atoms with E-state index in [4.69, 9.17) is 5.73 Å². The number of hydrogen-bond acceptors (Lipinski definition) is 2. The number of rotatable bonds is 2. The summed E-state index contributed by atoms with van der Waals surface area (Å²) in [5.41, 5.74) is 7.46. The lowest BCUT2D eigenvalue weighted by atomic mass is 10.2. The normalized spacial score (nSPS) is 10.1. The summed E-state index contributed by atoms with van der Waals surface area (Å²) in [6, 6.07) is 12.4. The highest BCUT2D eigenvalue weighted by molar-refractivity contribution is 9.11. The summed E-state index contributed by atoms with van der Waals surface area (Å²) < 4.78 is 1.76. The van der Waals surface area contributed by atoms with Gasteiger partial charge in [-0.3, -0.25) is 4.79 Å². The Balaban J connectivity index is 2.21. The molecule has 0 bridgehead atoms. The molecule has 0 aliphatic heterocycles. The highest BCUT2D eigenvalue weighted by Crippen LogP contribution is 2.26. The van der Waals surface area contributed by atoms with Gasteiger partial charge in [-0.2, -0.15) is 0 Å². The molecule has 0 spiro atoms. The van der Waals surface area contributed by atoms with Crippen LogP contribution in [0.5, 0.6) is 0 Å². The maximum Gasteiger partial charge on any atom is 0.255 e. The van der Waals surface area contributed by atoms with E-state index in [-0.39, 0.29) is 5.91 Å². The lowest BCUT2D eigenvalue weighted by Crippen LogP contribution is -2.12. The third kappa shape index (κ3) is 3.11. The molecule has 0 saturated heterocycles. The fourth-order valence-electron chi connectivity index (χ4n) is 1.47. The van der Waals surface area contributed by atoms with Crippen molar-refractivity contribution in [2.75, 3.05) is 11.1 Å². The van der Waals surface area contributed by atoms with Crippen molar-refractivity contribution in [2.24, 2.45) is 0 Å². The predicted molar refractivity (Wildman–Crippen MR) is 80.6 cm³/mol. The minimum Gasteiger partial charge on any atom is -0.399 e. The molecular formula is C13H10Br2N2O. The molecule has 5 heteroatoms. The summed E-state index contributed by atoms with van der Waals surface area (Å²) in [4.78, 5) is 12.0. The SMILES string of the molecule is Nc1cccc(C(=O)Nc2ccc(Br)cc2Br)c1. The molecule has 2 aromatic rings. The lowest BCUT2D eigenvalue weighted by molar-refractivity contribution is 0.102. The molecule has 92 valence electrons. The van der Waals surface area contributed by atoms with Crippen LogP contribution < -0.4 is 11.1 Å². The summed E-state index contributed by atoms with van der Waals surface area (Å²) >= 11 is 6.75. The summed E-state index contributed by atoms with van der Waals surface area (Å²) in [5.74, 6) is -0.190. The fourth-order valence-corrected chi connectivity index (χ4v) is 2.61. The number of nitrogen functional groups attached to an aromatic ring is 1. The van der Waals surface area contributed by atoms with E-state index in [9.17, 15) is 4.79 Å². The van der Waals surface area contributed by atoms with Crippen LogP contribution in [0.25, 0.3) is 0 Å². The number of amides is 1. The van der Waals surface area contributed by atoms with E-state index in [1.807, 2.05) is 18.2 Å². The van der Waals surface area contributed by atoms with E-state index in [1.165, 1.54) is 0 Å². The van der Waals surface area contributed by atoms with E-state index in [1.54, 1.807) is 24.3 Å². The van der Waals surface area contributed by atoms with Gasteiger partial charge in [0.2, 0.25) is 0 Å². The number of carbonyl (C=O) groups excluding carboxylic acids is 1. The Morgan fingerprint density at radius 3 is 2.56 bits per heavy atom. The zero-order valence-electron chi connectivity index (χ0n) is 9.28. The summed E-state index contributed by atoms with van der Waals surface area (Å²) in [5, 5.41) is 2.82. The minimum atomic E-state index is -0.190. The number of hydrogen-bond donors (Lipinski definition) is 2. The van der Waals surface area contributed by atoms with Gasteiger partial charge in [0.25, 0.3) is 5.91 Å². The van der Waals surface area contributed by atoms with Crippen LogP contribution >= 0.6 is 31.9 Å². The van der Waals surface area contributed by atoms with E-state index >= 15 is 0 Å². The largest absolute Gasteiger partial charge is 0.399 e. The first-order chi connectivity index (χ1) is 8.56. The van der Waals surface area contributed by atoms with Crippen LogP contribution in [0.1, 0.15) is 10.4 Å². The van der Waals surface area contributed by atoms with Crippen molar-refractivity contribution in [1.82, 2.24) is 0 Å². The molecule has 0 aliphatic carbocycles. The van der Waals surface area contributed by atoms with Crippen molar-refractivity contribution in [2.45, 2.75) is 0 Å². The zero-order valence-corrected chi connectivity index (χ0v) is 12.5. The molecule has 0 atom stereocenters. The van der Waals surface area contributed by atoms with Gasteiger partial charge in [0.05, 0.1) is 5.69 Å². The van der Waals surface area contributed by atoms with Gasteiger partial charge in [0, 0.05) is 20.2 Å². The average Bonchev–Trinajstić information content (AvgIpc) is 2.32. The Labute approximate surface area is 122 Å². The van der Waals surface area contributed by atoms with Crippen molar-refractivity contribution in [3.63, 3.8) is 0 Å². The minimum absolute atomic E-state index is 0.190. The van der Waals surface area contributed by atoms with Crippen molar-refractivity contribution < 1.29 is 4.79 Å². The van der Waals surface area contributed by atoms with Crippen LogP contribution in [0.4, 0.5) is 11.4 Å². The van der Waals surface area contributed by atoms with E-state index in [2.05, 4.69) is 37.2 Å². The Morgan fingerprint density at radius 2 is 1.89 bits per heavy atom. The molecule has 0 unspecified atom stereocenters. The van der Waals surface area contributed by atoms with Crippen LogP contribution in [0.15, 0.2) is 51.4 Å². The summed E-state index contributed by atoms with van der Waals surface area (Å²) in [6.45, 7) is 0. The van der Waals surface area contributed by atoms with Gasteiger partial charge in [-0.25, -0.2) is 0 Å². The maximum absolute atomic E-state index is 12.0. The third-order valence-electron chi connectivity index (χ3n) is 2.33. The molecule has 0 aliphatic rings. The second kappa shape index (κ2) is 5.54. The van der Waals surface area contributed by atoms with Crippen LogP contribution in [0.3, 0.4) is 0 Å². The molecule has 1 amide bonds. The van der Waals surface area contributed by atoms with Gasteiger partial charge in [0.1, 0.15) is 0 Å². The molecule has 2 rings (SSSR count). The van der Waals surface area contributed by atoms with Crippen LogP contribution in [0, 0.1) is 0 Å². The fraction of sp³-hybridized carbons (Fsp3) is 0. The number of carbonyl (C=O) groups is 1. The molecule has 0 radical (unpaired) electrons. The summed E-state index contributed by atoms with van der Waals surface area (Å²) in [7, 11) is 0. The number of nitrogens with two attached hydrogens (primary N) is 1. The molecule has 3 nitrogen and oxygen atoms in total. The van der Waals surface area contributed by atoms with Crippen LogP contribution in [0.2, 0.25) is 0 Å². The average molecular weight is 370 g/mol. The highest BCUT2D eigenvalue weighted by Gasteiger charge is 2.08. The van der Waals surface area contributed by atoms with Gasteiger partial charge in [-0.1, -0.05) is 22.0 Å². The second-order valence-corrected chi connectivity index (χ2v) is 5.47. The van der Waals surface area contributed by atoms with Gasteiger partial charge in [-0.05, 0) is 52.3 Å². The van der Waals surface area contributed by atoms with Gasteiger partial charge in [-0.15, -0.1) is 0 Å². The number of benzene rings is 2. The summed E-state index contributed by atoms with van der Waals surface area (Å²) in [6.07, 6.45) is 0. The molecule has 0 aromatic heterocycles. The lowest BCUT2D eigenvalue weighted by Gasteiger charge is -2.08. The number of halogens is 2. The van der Waals surface area contributed by atoms with Crippen molar-refractivity contribution >= 4 is 49.1 Å². The van der Waals surface area contributed by atoms with E-state index in [0.29, 0.717) is 16.9 Å². The van der Waals surface area contributed by atoms with Gasteiger partial charge < -0.3 is 11.1 Å². The van der Waals surface area contributed by atoms with Gasteiger partial charge >= 0.3 is 0 Å². The number of anilines is 2. The Hall–Kier alpha value is -1.33. The van der Waals surface area contributed by atoms with E-state index in [0.717, 1.165) is 8.95 Å². The molecule has 2 aromatic carbocycles. The first-order valence-corrected chi connectivity index (χ1v) is 6.77. The highest BCUT2D eigenvalue weighted by atomic mass is 79.9. The quantitative estimate of drug-likeness (QED) is 0.784.